The number of aromatic amines is 1. The number of H-pyrrole nitrogens is 1. The molecule has 0 radical (unpaired) electrons. The van der Waals surface area contributed by atoms with Crippen molar-refractivity contribution in [2.24, 2.45) is 22.7 Å². The topological polar surface area (TPSA) is 194 Å². The Labute approximate surface area is 424 Å². The third-order valence-corrected chi connectivity index (χ3v) is 17.9. The highest BCUT2D eigenvalue weighted by Gasteiger charge is 2.56. The van der Waals surface area contributed by atoms with Crippen molar-refractivity contribution in [3.8, 4) is 27.4 Å². The van der Waals surface area contributed by atoms with E-state index in [1.807, 2.05) is 81.9 Å². The number of ketones is 1. The minimum Gasteiger partial charge on any atom is -0.507 e. The lowest BCUT2D eigenvalue weighted by Crippen LogP contribution is -2.58. The van der Waals surface area contributed by atoms with Gasteiger partial charge in [-0.1, -0.05) is 57.2 Å². The van der Waals surface area contributed by atoms with E-state index in [4.69, 9.17) is 9.97 Å². The number of aliphatic hydroxyl groups excluding tert-OH is 1. The number of aliphatic hydroxyl groups is 1. The maximum atomic E-state index is 14.4. The van der Waals surface area contributed by atoms with E-state index < -0.39 is 23.5 Å². The summed E-state index contributed by atoms with van der Waals surface area (Å²) in [4.78, 5) is 67.5. The molecule has 2 aromatic carbocycles. The molecule has 376 valence electrons. The van der Waals surface area contributed by atoms with E-state index in [9.17, 15) is 24.6 Å². The van der Waals surface area contributed by atoms with E-state index in [0.717, 1.165) is 115 Å². The van der Waals surface area contributed by atoms with E-state index in [0.29, 0.717) is 29.8 Å². The zero-order valence-corrected chi connectivity index (χ0v) is 42.8. The largest absolute Gasteiger partial charge is 0.507 e. The number of fused-ring (bicyclic) bond motifs is 3. The Morgan fingerprint density at radius 2 is 1.74 bits per heavy atom. The van der Waals surface area contributed by atoms with Crippen LogP contribution in [0.25, 0.3) is 32.7 Å². The summed E-state index contributed by atoms with van der Waals surface area (Å²) >= 11 is 1.60. The standard InChI is InChI=1S/C56H66N10O5S/c1-32-50(72-31-59-32)36-12-10-34(11-13-36)29-58-52(70)46-22-39(67)30-66(46)53(71)42(55(3,4)5)24-48(69)37-25-56(26-37)27-38(28-56)64-19-15-35(16-20-64)43-14-18-57-54(61-43)65-21-17-44-49(33(65)2)41-23-45(62-63-51(41)60-44)40-8-6-7-9-47(40)68/h6-14,18,23,31,33,35,37-39,42,46,67-68H,15-17,19-22,24-30H2,1-5H3,(H,58,70)(H,60,63)/t33-,37?,38?,39-,42-,46+,56?/m1/s1. The Morgan fingerprint density at radius 1 is 0.972 bits per heavy atom. The van der Waals surface area contributed by atoms with E-state index in [1.165, 1.54) is 10.5 Å². The predicted molar refractivity (Wildman–Crippen MR) is 277 cm³/mol. The van der Waals surface area contributed by atoms with E-state index in [2.05, 4.69) is 48.3 Å². The molecule has 6 aromatic rings. The SMILES string of the molecule is Cc1ncsc1-c1ccc(CNC(=O)[C@@H]2C[C@@H](O)CN2C(=O)[C@@H](CC(=O)C2CC3(C2)CC(N2CCC(c4ccnc(N5CCc6[nH]c7nnc(-c8ccccc8O)cc7c6[C@H]5C)n4)CC2)C3)C(C)(C)C)cc1. The number of likely N-dealkylation sites (tertiary alicyclic amines) is 2. The van der Waals surface area contributed by atoms with Crippen LogP contribution in [0.15, 0.2) is 72.4 Å². The van der Waals surface area contributed by atoms with Crippen LogP contribution >= 0.6 is 11.3 Å². The molecule has 3 aliphatic heterocycles. The number of amides is 2. The molecule has 4 aromatic heterocycles. The molecule has 4 N–H and O–H groups in total. The molecule has 11 rings (SSSR count). The molecular weight excluding hydrogens is 925 g/mol. The number of Topliss-reactive ketones (excluding diaryl/α,β-unsaturated/α-hetero) is 1. The number of piperidine rings is 1. The highest BCUT2D eigenvalue weighted by atomic mass is 32.1. The maximum Gasteiger partial charge on any atom is 0.243 e. The van der Waals surface area contributed by atoms with Gasteiger partial charge in [-0.25, -0.2) is 15.0 Å². The zero-order valence-electron chi connectivity index (χ0n) is 42.0. The highest BCUT2D eigenvalue weighted by Crippen LogP contribution is 2.61. The smallest absolute Gasteiger partial charge is 0.243 e. The average Bonchev–Trinajstić information content (AvgIpc) is 4.08. The highest BCUT2D eigenvalue weighted by molar-refractivity contribution is 7.13. The summed E-state index contributed by atoms with van der Waals surface area (Å²) in [6.45, 7) is 13.4. The lowest BCUT2D eigenvalue weighted by Gasteiger charge is -2.60. The van der Waals surface area contributed by atoms with Crippen LogP contribution in [-0.2, 0) is 27.3 Å². The lowest BCUT2D eigenvalue weighted by atomic mass is 9.48. The van der Waals surface area contributed by atoms with Gasteiger partial charge in [-0.15, -0.1) is 21.5 Å². The number of carbonyl (C=O) groups excluding carboxylic acids is 3. The van der Waals surface area contributed by atoms with Crippen molar-refractivity contribution in [1.82, 2.24) is 45.2 Å². The number of para-hydroxylation sites is 1. The number of aryl methyl sites for hydroxylation is 1. The number of β-amino-alcohol motifs (C(OH)–C–C–N with tert-alkyl or cyclic N) is 1. The average molecular weight is 991 g/mol. The number of nitrogens with zero attached hydrogens (tertiary/aromatic N) is 8. The van der Waals surface area contributed by atoms with Crippen molar-refractivity contribution in [3.05, 3.63) is 101 Å². The van der Waals surface area contributed by atoms with Gasteiger partial charge in [-0.2, -0.15) is 0 Å². The molecule has 2 aliphatic carbocycles. The fourth-order valence-corrected chi connectivity index (χ4v) is 13.6. The quantitative estimate of drug-likeness (QED) is 0.0918. The summed E-state index contributed by atoms with van der Waals surface area (Å²) in [5.74, 6) is 0.274. The number of anilines is 1. The van der Waals surface area contributed by atoms with Crippen molar-refractivity contribution >= 4 is 45.9 Å². The van der Waals surface area contributed by atoms with Crippen LogP contribution in [0.4, 0.5) is 5.95 Å². The number of thiazole rings is 1. The molecule has 4 atom stereocenters. The second-order valence-electron chi connectivity index (χ2n) is 22.6. The Balaban J connectivity index is 0.657. The second kappa shape index (κ2) is 19.1. The van der Waals surface area contributed by atoms with Crippen LogP contribution in [0, 0.1) is 29.6 Å². The summed E-state index contributed by atoms with van der Waals surface area (Å²) < 4.78 is 0. The van der Waals surface area contributed by atoms with Crippen LogP contribution in [0.1, 0.15) is 119 Å². The number of phenols is 1. The number of rotatable bonds is 12. The molecule has 0 unspecified atom stereocenters. The first-order valence-corrected chi connectivity index (χ1v) is 26.8. The molecule has 7 heterocycles. The second-order valence-corrected chi connectivity index (χ2v) is 23.4. The lowest BCUT2D eigenvalue weighted by molar-refractivity contribution is -0.151. The van der Waals surface area contributed by atoms with Gasteiger partial charge in [0.25, 0.3) is 0 Å². The first-order chi connectivity index (χ1) is 34.6. The third kappa shape index (κ3) is 9.19. The van der Waals surface area contributed by atoms with Gasteiger partial charge in [0.2, 0.25) is 17.8 Å². The molecule has 15 nitrogen and oxygen atoms in total. The van der Waals surface area contributed by atoms with Crippen LogP contribution in [0.2, 0.25) is 0 Å². The van der Waals surface area contributed by atoms with Gasteiger partial charge in [0.05, 0.1) is 33.9 Å². The first-order valence-electron chi connectivity index (χ1n) is 25.9. The fourth-order valence-electron chi connectivity index (χ4n) is 12.7. The monoisotopic (exact) mass is 990 g/mol. The summed E-state index contributed by atoms with van der Waals surface area (Å²) in [6, 6.07) is 19.1. The minimum atomic E-state index is -0.803. The van der Waals surface area contributed by atoms with Gasteiger partial charge in [-0.05, 0) is 112 Å². The fraction of sp³-hybridized carbons (Fsp3) is 0.500. The van der Waals surface area contributed by atoms with Gasteiger partial charge in [0.15, 0.2) is 5.65 Å². The number of phenolic OH excluding ortho intramolecular Hbond substituents is 1. The summed E-state index contributed by atoms with van der Waals surface area (Å²) in [5, 5.41) is 34.2. The molecule has 1 spiro atoms. The number of hydrogen-bond acceptors (Lipinski definition) is 13. The Hall–Kier alpha value is -6.10. The number of nitrogens with one attached hydrogen (secondary N) is 2. The number of aromatic hydroxyl groups is 1. The van der Waals surface area contributed by atoms with Gasteiger partial charge in [-0.3, -0.25) is 14.4 Å². The van der Waals surface area contributed by atoms with E-state index >= 15 is 0 Å². The van der Waals surface area contributed by atoms with Gasteiger partial charge in [0, 0.05) is 96.8 Å². The summed E-state index contributed by atoms with van der Waals surface area (Å²) in [7, 11) is 0. The Bertz CT molecular complexity index is 3000. The first kappa shape index (κ1) is 48.2. The van der Waals surface area contributed by atoms with Crippen molar-refractivity contribution in [3.63, 3.8) is 0 Å². The zero-order chi connectivity index (χ0) is 50.1. The molecule has 16 heteroatoms. The number of benzene rings is 2. The van der Waals surface area contributed by atoms with Crippen molar-refractivity contribution < 1.29 is 24.6 Å². The number of carbonyl (C=O) groups is 3. The molecular formula is C56H66N10O5S. The normalized spacial score (nSPS) is 25.0. The van der Waals surface area contributed by atoms with Gasteiger partial charge < -0.3 is 35.2 Å². The molecule has 2 saturated carbocycles. The predicted octanol–water partition coefficient (Wildman–Crippen LogP) is 8.31. The van der Waals surface area contributed by atoms with E-state index in [1.54, 1.807) is 23.5 Å². The third-order valence-electron chi connectivity index (χ3n) is 16.9. The molecule has 5 aliphatic rings. The van der Waals surface area contributed by atoms with Gasteiger partial charge >= 0.3 is 0 Å². The molecule has 72 heavy (non-hydrogen) atoms. The van der Waals surface area contributed by atoms with Crippen molar-refractivity contribution in [1.29, 1.82) is 0 Å². The molecule has 4 fully saturated rings. The molecule has 2 saturated heterocycles. The van der Waals surface area contributed by atoms with Crippen LogP contribution < -0.4 is 10.2 Å². The summed E-state index contributed by atoms with van der Waals surface area (Å²) in [6.07, 6.45) is 8.30. The van der Waals surface area contributed by atoms with Crippen LogP contribution in [-0.4, -0.2) is 112 Å². The van der Waals surface area contributed by atoms with Crippen LogP contribution in [0.5, 0.6) is 5.75 Å². The van der Waals surface area contributed by atoms with Crippen LogP contribution in [0.3, 0.4) is 0 Å². The van der Waals surface area contributed by atoms with Crippen molar-refractivity contribution in [2.45, 2.75) is 129 Å². The van der Waals surface area contributed by atoms with Gasteiger partial charge in [0.1, 0.15) is 17.6 Å². The number of hydrogen-bond donors (Lipinski definition) is 4. The Kier molecular flexibility index (Phi) is 12.8. The maximum absolute atomic E-state index is 14.4. The molecule has 2 amide bonds. The Morgan fingerprint density at radius 3 is 2.46 bits per heavy atom. The summed E-state index contributed by atoms with van der Waals surface area (Å²) in [5.41, 5.74) is 9.98. The van der Waals surface area contributed by atoms with Crippen molar-refractivity contribution in [2.75, 3.05) is 31.1 Å². The molecule has 0 bridgehead atoms. The van der Waals surface area contributed by atoms with E-state index in [-0.39, 0.29) is 60.1 Å². The number of aromatic nitrogens is 6. The minimum absolute atomic E-state index is 0.00838.